The van der Waals surface area contributed by atoms with Crippen molar-refractivity contribution in [2.45, 2.75) is 0 Å². The molecule has 0 fully saturated rings. The number of halogens is 2. The van der Waals surface area contributed by atoms with Gasteiger partial charge in [0.1, 0.15) is 24.4 Å². The lowest BCUT2D eigenvalue weighted by Gasteiger charge is -2.31. The zero-order valence-electron chi connectivity index (χ0n) is 13.8. The molecule has 3 heterocycles. The minimum Gasteiger partial charge on any atom is -0.488 e. The highest BCUT2D eigenvalue weighted by atomic mass is 19.1. The Hall–Kier alpha value is -3.62. The quantitative estimate of drug-likeness (QED) is 0.514. The number of ether oxygens (including phenoxy) is 1. The van der Waals surface area contributed by atoms with Crippen molar-refractivity contribution in [3.05, 3.63) is 70.5 Å². The van der Waals surface area contributed by atoms with E-state index in [1.807, 2.05) is 0 Å². The van der Waals surface area contributed by atoms with E-state index >= 15 is 0 Å². The Labute approximate surface area is 152 Å². The van der Waals surface area contributed by atoms with Crippen LogP contribution in [0.2, 0.25) is 0 Å². The van der Waals surface area contributed by atoms with Crippen LogP contribution in [-0.2, 0) is 0 Å². The third-order valence-electron chi connectivity index (χ3n) is 4.14. The van der Waals surface area contributed by atoms with Gasteiger partial charge in [0.2, 0.25) is 0 Å². The molecule has 0 amide bonds. The smallest absolute Gasteiger partial charge is 0.365 e. The number of fused-ring (bicyclic) bond motifs is 1. The van der Waals surface area contributed by atoms with Gasteiger partial charge < -0.3 is 19.8 Å². The first kappa shape index (κ1) is 16.8. The second kappa shape index (κ2) is 6.60. The monoisotopic (exact) mass is 370 g/mol. The minimum absolute atomic E-state index is 0.0176. The molecular formula is C18H12F2N4O3. The molecule has 0 saturated carbocycles. The van der Waals surface area contributed by atoms with Gasteiger partial charge in [-0.2, -0.15) is 0 Å². The summed E-state index contributed by atoms with van der Waals surface area (Å²) in [6.45, 7) is 0.766. The second-order valence-corrected chi connectivity index (χ2v) is 5.79. The third kappa shape index (κ3) is 3.14. The van der Waals surface area contributed by atoms with Gasteiger partial charge in [-0.1, -0.05) is 0 Å². The molecule has 0 spiro atoms. The highest BCUT2D eigenvalue weighted by Gasteiger charge is 2.23. The Bertz CT molecular complexity index is 1040. The molecule has 0 saturated heterocycles. The van der Waals surface area contributed by atoms with Gasteiger partial charge in [0.05, 0.1) is 35.9 Å². The van der Waals surface area contributed by atoms with Crippen LogP contribution in [0.1, 0.15) is 0 Å². The molecule has 4 rings (SSSR count). The van der Waals surface area contributed by atoms with Gasteiger partial charge in [-0.3, -0.25) is 4.98 Å². The van der Waals surface area contributed by atoms with Gasteiger partial charge in [0, 0.05) is 11.6 Å². The Kier molecular flexibility index (Phi) is 4.11. The van der Waals surface area contributed by atoms with Crippen LogP contribution in [0.25, 0.3) is 11.3 Å². The van der Waals surface area contributed by atoms with Gasteiger partial charge in [0.15, 0.2) is 5.75 Å². The van der Waals surface area contributed by atoms with Crippen molar-refractivity contribution < 1.29 is 18.4 Å². The fourth-order valence-corrected chi connectivity index (χ4v) is 2.91. The fourth-order valence-electron chi connectivity index (χ4n) is 2.91. The summed E-state index contributed by atoms with van der Waals surface area (Å²) < 4.78 is 33.2. The molecule has 0 N–H and O–H groups in total. The third-order valence-corrected chi connectivity index (χ3v) is 4.14. The molecule has 9 heteroatoms. The van der Waals surface area contributed by atoms with E-state index in [-0.39, 0.29) is 17.1 Å². The summed E-state index contributed by atoms with van der Waals surface area (Å²) >= 11 is 0. The molecule has 0 radical (unpaired) electrons. The lowest BCUT2D eigenvalue weighted by atomic mass is 10.1. The topological polar surface area (TPSA) is 81.4 Å². The number of benzene rings is 1. The van der Waals surface area contributed by atoms with Crippen LogP contribution in [0, 0.1) is 21.7 Å². The molecule has 0 bridgehead atoms. The fraction of sp³-hybridized carbons (Fsp3) is 0.111. The SMILES string of the molecule is O=[N+]([O-])c1cc(N2CCOc3cnc(-c4cc(F)ccc4F)cc32)ccn1. The number of nitrogens with zero attached hydrogens (tertiary/aromatic N) is 4. The summed E-state index contributed by atoms with van der Waals surface area (Å²) in [6.07, 6.45) is 2.77. The first-order valence-electron chi connectivity index (χ1n) is 7.99. The molecule has 2 aromatic heterocycles. The van der Waals surface area contributed by atoms with E-state index in [1.165, 1.54) is 18.5 Å². The molecule has 27 heavy (non-hydrogen) atoms. The highest BCUT2D eigenvalue weighted by molar-refractivity contribution is 5.75. The van der Waals surface area contributed by atoms with Crippen molar-refractivity contribution >= 4 is 17.2 Å². The largest absolute Gasteiger partial charge is 0.488 e. The Morgan fingerprint density at radius 3 is 2.81 bits per heavy atom. The molecular weight excluding hydrogens is 358 g/mol. The van der Waals surface area contributed by atoms with Crippen molar-refractivity contribution in [1.82, 2.24) is 9.97 Å². The predicted octanol–water partition coefficient (Wildman–Crippen LogP) is 3.86. The summed E-state index contributed by atoms with van der Waals surface area (Å²) in [5.41, 5.74) is 1.34. The number of anilines is 2. The van der Waals surface area contributed by atoms with Crippen LogP contribution in [0.3, 0.4) is 0 Å². The zero-order valence-corrected chi connectivity index (χ0v) is 13.8. The second-order valence-electron chi connectivity index (χ2n) is 5.79. The summed E-state index contributed by atoms with van der Waals surface area (Å²) in [4.78, 5) is 20.1. The van der Waals surface area contributed by atoms with Gasteiger partial charge in [-0.15, -0.1) is 0 Å². The number of nitro groups is 1. The maximum absolute atomic E-state index is 14.1. The number of hydrogen-bond donors (Lipinski definition) is 0. The highest BCUT2D eigenvalue weighted by Crippen LogP contribution is 2.39. The zero-order chi connectivity index (χ0) is 19.0. The summed E-state index contributed by atoms with van der Waals surface area (Å²) in [6, 6.07) is 7.67. The summed E-state index contributed by atoms with van der Waals surface area (Å²) in [7, 11) is 0. The molecule has 7 nitrogen and oxygen atoms in total. The summed E-state index contributed by atoms with van der Waals surface area (Å²) in [5.74, 6) is -1.03. The van der Waals surface area contributed by atoms with Crippen molar-refractivity contribution in [1.29, 1.82) is 0 Å². The van der Waals surface area contributed by atoms with E-state index in [0.29, 0.717) is 30.3 Å². The van der Waals surface area contributed by atoms with E-state index < -0.39 is 16.6 Å². The summed E-state index contributed by atoms with van der Waals surface area (Å²) in [5, 5.41) is 11.0. The van der Waals surface area contributed by atoms with Gasteiger partial charge >= 0.3 is 5.82 Å². The number of hydrogen-bond acceptors (Lipinski definition) is 6. The Balaban J connectivity index is 1.81. The standard InChI is InChI=1S/C18H12F2N4O3/c19-11-1-2-14(20)13(7-11)15-9-16-17(10-22-15)27-6-5-23(16)12-3-4-21-18(8-12)24(25)26/h1-4,7-10H,5-6H2. The van der Waals surface area contributed by atoms with Crippen molar-refractivity contribution in [2.75, 3.05) is 18.1 Å². The normalized spacial score (nSPS) is 13.0. The lowest BCUT2D eigenvalue weighted by molar-refractivity contribution is -0.389. The van der Waals surface area contributed by atoms with E-state index in [2.05, 4.69) is 9.97 Å². The van der Waals surface area contributed by atoms with Crippen LogP contribution < -0.4 is 9.64 Å². The molecule has 1 aromatic carbocycles. The van der Waals surface area contributed by atoms with Crippen LogP contribution in [0.4, 0.5) is 26.0 Å². The maximum atomic E-state index is 14.1. The molecule has 0 atom stereocenters. The van der Waals surface area contributed by atoms with Crippen molar-refractivity contribution in [3.63, 3.8) is 0 Å². The minimum atomic E-state index is -0.605. The van der Waals surface area contributed by atoms with E-state index in [0.717, 1.165) is 18.2 Å². The molecule has 0 unspecified atom stereocenters. The van der Waals surface area contributed by atoms with Gasteiger partial charge in [-0.25, -0.2) is 8.78 Å². The Morgan fingerprint density at radius 1 is 1.15 bits per heavy atom. The van der Waals surface area contributed by atoms with Crippen LogP contribution in [-0.4, -0.2) is 28.0 Å². The molecule has 1 aliphatic heterocycles. The van der Waals surface area contributed by atoms with Gasteiger partial charge in [0.25, 0.3) is 0 Å². The van der Waals surface area contributed by atoms with E-state index in [4.69, 9.17) is 4.74 Å². The molecule has 0 aliphatic carbocycles. The number of rotatable bonds is 3. The van der Waals surface area contributed by atoms with Crippen LogP contribution in [0.5, 0.6) is 5.75 Å². The average Bonchev–Trinajstić information content (AvgIpc) is 2.69. The maximum Gasteiger partial charge on any atom is 0.365 e. The van der Waals surface area contributed by atoms with Gasteiger partial charge in [-0.05, 0) is 34.2 Å². The predicted molar refractivity (Wildman–Crippen MR) is 93.0 cm³/mol. The van der Waals surface area contributed by atoms with Crippen LogP contribution in [0.15, 0.2) is 48.8 Å². The average molecular weight is 370 g/mol. The number of aromatic nitrogens is 2. The Morgan fingerprint density at radius 2 is 2.00 bits per heavy atom. The first-order valence-corrected chi connectivity index (χ1v) is 7.99. The molecule has 3 aromatic rings. The van der Waals surface area contributed by atoms with Crippen molar-refractivity contribution in [2.24, 2.45) is 0 Å². The lowest BCUT2D eigenvalue weighted by Crippen LogP contribution is -2.28. The number of pyridine rings is 2. The first-order chi connectivity index (χ1) is 13.0. The van der Waals surface area contributed by atoms with Crippen LogP contribution >= 0.6 is 0 Å². The molecule has 1 aliphatic rings. The van der Waals surface area contributed by atoms with E-state index in [9.17, 15) is 18.9 Å². The van der Waals surface area contributed by atoms with Crippen molar-refractivity contribution in [3.8, 4) is 17.0 Å². The van der Waals surface area contributed by atoms with E-state index in [1.54, 1.807) is 17.0 Å². The molecule has 136 valence electrons.